The summed E-state index contributed by atoms with van der Waals surface area (Å²) in [5.74, 6) is -0.895. The number of carbonyl (C=O) groups is 1. The number of hydrogen-bond donors (Lipinski definition) is 1. The highest BCUT2D eigenvalue weighted by Gasteiger charge is 2.35. The Kier molecular flexibility index (Phi) is 6.17. The van der Waals surface area contributed by atoms with Crippen LogP contribution >= 0.6 is 23.2 Å². The SMILES string of the molecule is CC(C(=O)NCC1CC1)N(c1cc(Cl)ccc1F)S(=O)(=O)c1ccc(Cl)cc1. The van der Waals surface area contributed by atoms with Crippen LogP contribution < -0.4 is 9.62 Å². The molecule has 9 heteroatoms. The first-order valence-electron chi connectivity index (χ1n) is 8.73. The molecule has 0 bridgehead atoms. The van der Waals surface area contributed by atoms with Gasteiger partial charge in [0.2, 0.25) is 5.91 Å². The zero-order chi connectivity index (χ0) is 20.5. The molecule has 0 spiro atoms. The van der Waals surface area contributed by atoms with E-state index in [1.807, 2.05) is 0 Å². The normalized spacial score (nSPS) is 15.1. The summed E-state index contributed by atoms with van der Waals surface area (Å²) in [7, 11) is -4.26. The Morgan fingerprint density at radius 1 is 1.18 bits per heavy atom. The zero-order valence-corrected chi connectivity index (χ0v) is 17.4. The molecule has 2 aromatic rings. The molecule has 150 valence electrons. The molecular weight excluding hydrogens is 426 g/mol. The van der Waals surface area contributed by atoms with Crippen LogP contribution in [-0.4, -0.2) is 26.9 Å². The number of nitrogens with one attached hydrogen (secondary N) is 1. The van der Waals surface area contributed by atoms with Crippen molar-refractivity contribution in [1.29, 1.82) is 0 Å². The quantitative estimate of drug-likeness (QED) is 0.693. The van der Waals surface area contributed by atoms with E-state index in [2.05, 4.69) is 5.32 Å². The Balaban J connectivity index is 2.03. The van der Waals surface area contributed by atoms with Gasteiger partial charge in [-0.2, -0.15) is 0 Å². The van der Waals surface area contributed by atoms with E-state index in [1.54, 1.807) is 0 Å². The minimum atomic E-state index is -4.26. The predicted molar refractivity (Wildman–Crippen MR) is 108 cm³/mol. The van der Waals surface area contributed by atoms with Gasteiger partial charge in [0.25, 0.3) is 10.0 Å². The molecule has 0 saturated heterocycles. The first kappa shape index (κ1) is 20.9. The monoisotopic (exact) mass is 444 g/mol. The second-order valence-electron chi connectivity index (χ2n) is 6.72. The molecule has 1 amide bonds. The highest BCUT2D eigenvalue weighted by molar-refractivity contribution is 7.93. The number of amides is 1. The Morgan fingerprint density at radius 3 is 2.39 bits per heavy atom. The number of anilines is 1. The molecule has 28 heavy (non-hydrogen) atoms. The lowest BCUT2D eigenvalue weighted by Gasteiger charge is -2.30. The van der Waals surface area contributed by atoms with Gasteiger partial charge in [-0.05, 0) is 68.1 Å². The Bertz CT molecular complexity index is 979. The van der Waals surface area contributed by atoms with E-state index < -0.39 is 27.8 Å². The lowest BCUT2D eigenvalue weighted by molar-refractivity contribution is -0.121. The van der Waals surface area contributed by atoms with Gasteiger partial charge in [-0.15, -0.1) is 0 Å². The maximum Gasteiger partial charge on any atom is 0.265 e. The number of nitrogens with zero attached hydrogens (tertiary/aromatic N) is 1. The molecule has 0 radical (unpaired) electrons. The van der Waals surface area contributed by atoms with Crippen LogP contribution in [0.1, 0.15) is 19.8 Å². The van der Waals surface area contributed by atoms with Crippen LogP contribution in [0.5, 0.6) is 0 Å². The third-order valence-corrected chi connectivity index (χ3v) is 6.89. The predicted octanol–water partition coefficient (Wildman–Crippen LogP) is 4.24. The summed E-state index contributed by atoms with van der Waals surface area (Å²) in [6.45, 7) is 1.88. The second kappa shape index (κ2) is 8.27. The number of carbonyl (C=O) groups excluding carboxylic acids is 1. The molecule has 1 fully saturated rings. The van der Waals surface area contributed by atoms with Gasteiger partial charge in [0, 0.05) is 16.6 Å². The zero-order valence-electron chi connectivity index (χ0n) is 15.0. The molecule has 5 nitrogen and oxygen atoms in total. The maximum atomic E-state index is 14.6. The Morgan fingerprint density at radius 2 is 1.79 bits per heavy atom. The summed E-state index contributed by atoms with van der Waals surface area (Å²) in [5, 5.41) is 3.25. The number of sulfonamides is 1. The van der Waals surface area contributed by atoms with E-state index in [4.69, 9.17) is 23.2 Å². The van der Waals surface area contributed by atoms with Gasteiger partial charge in [-0.3, -0.25) is 9.10 Å². The molecule has 1 atom stereocenters. The van der Waals surface area contributed by atoms with Crippen molar-refractivity contribution < 1.29 is 17.6 Å². The molecular formula is C19H19Cl2FN2O3S. The van der Waals surface area contributed by atoms with Crippen LogP contribution in [-0.2, 0) is 14.8 Å². The smallest absolute Gasteiger partial charge is 0.265 e. The van der Waals surface area contributed by atoms with Gasteiger partial charge in [0.05, 0.1) is 10.6 Å². The van der Waals surface area contributed by atoms with E-state index in [-0.39, 0.29) is 15.6 Å². The van der Waals surface area contributed by atoms with E-state index in [0.717, 1.165) is 23.2 Å². The average Bonchev–Trinajstić information content (AvgIpc) is 3.47. The molecule has 3 rings (SSSR count). The van der Waals surface area contributed by atoms with Crippen LogP contribution in [0.4, 0.5) is 10.1 Å². The van der Waals surface area contributed by atoms with Crippen molar-refractivity contribution >= 4 is 44.8 Å². The fourth-order valence-electron chi connectivity index (χ4n) is 2.74. The lowest BCUT2D eigenvalue weighted by atomic mass is 10.2. The van der Waals surface area contributed by atoms with E-state index >= 15 is 0 Å². The van der Waals surface area contributed by atoms with E-state index in [0.29, 0.717) is 17.5 Å². The first-order valence-corrected chi connectivity index (χ1v) is 10.9. The molecule has 0 aromatic heterocycles. The summed E-state index contributed by atoms with van der Waals surface area (Å²) in [4.78, 5) is 12.5. The maximum absolute atomic E-state index is 14.6. The van der Waals surface area contributed by atoms with Gasteiger partial charge in [0.15, 0.2) is 0 Å². The van der Waals surface area contributed by atoms with Gasteiger partial charge < -0.3 is 5.32 Å². The number of rotatable bonds is 7. The second-order valence-corrected chi connectivity index (χ2v) is 9.40. The summed E-state index contributed by atoms with van der Waals surface area (Å²) >= 11 is 11.8. The van der Waals surface area contributed by atoms with Crippen molar-refractivity contribution in [3.05, 3.63) is 58.3 Å². The highest BCUT2D eigenvalue weighted by Crippen LogP contribution is 2.32. The molecule has 1 unspecified atom stereocenters. The average molecular weight is 445 g/mol. The fraction of sp³-hybridized carbons (Fsp3) is 0.316. The van der Waals surface area contributed by atoms with Crippen LogP contribution in [0, 0.1) is 11.7 Å². The van der Waals surface area contributed by atoms with E-state index in [9.17, 15) is 17.6 Å². The standard InChI is InChI=1S/C19H19Cl2FN2O3S/c1-12(19(25)23-11-13-2-3-13)24(18-10-15(21)6-9-17(18)22)28(26,27)16-7-4-14(20)5-8-16/h4-10,12-13H,2-3,11H2,1H3,(H,23,25). The molecule has 2 aromatic carbocycles. The van der Waals surface area contributed by atoms with Gasteiger partial charge in [-0.1, -0.05) is 23.2 Å². The third-order valence-electron chi connectivity index (χ3n) is 4.51. The number of halogens is 3. The first-order chi connectivity index (χ1) is 13.2. The van der Waals surface area contributed by atoms with Gasteiger partial charge in [-0.25, -0.2) is 12.8 Å². The Hall–Kier alpha value is -1.83. The summed E-state index contributed by atoms with van der Waals surface area (Å²) in [6, 6.07) is 7.82. The minimum absolute atomic E-state index is 0.113. The number of hydrogen-bond acceptors (Lipinski definition) is 3. The summed E-state index contributed by atoms with van der Waals surface area (Å²) in [6.07, 6.45) is 2.06. The van der Waals surface area contributed by atoms with Gasteiger partial charge >= 0.3 is 0 Å². The largest absolute Gasteiger partial charge is 0.354 e. The molecule has 0 heterocycles. The molecule has 1 aliphatic carbocycles. The highest BCUT2D eigenvalue weighted by atomic mass is 35.5. The van der Waals surface area contributed by atoms with Crippen LogP contribution in [0.3, 0.4) is 0 Å². The third kappa shape index (κ3) is 4.59. The Labute approximate surface area is 173 Å². The van der Waals surface area contributed by atoms with Crippen molar-refractivity contribution in [1.82, 2.24) is 5.32 Å². The summed E-state index contributed by atoms with van der Waals surface area (Å²) in [5.41, 5.74) is -0.295. The van der Waals surface area contributed by atoms with Gasteiger partial charge in [0.1, 0.15) is 11.9 Å². The van der Waals surface area contributed by atoms with Crippen molar-refractivity contribution in [3.8, 4) is 0 Å². The molecule has 1 N–H and O–H groups in total. The van der Waals surface area contributed by atoms with Crippen molar-refractivity contribution in [3.63, 3.8) is 0 Å². The fourth-order valence-corrected chi connectivity index (χ4v) is 4.65. The topological polar surface area (TPSA) is 66.5 Å². The van der Waals surface area contributed by atoms with E-state index in [1.165, 1.54) is 43.3 Å². The van der Waals surface area contributed by atoms with Crippen LogP contribution in [0.2, 0.25) is 10.0 Å². The van der Waals surface area contributed by atoms with Crippen LogP contribution in [0.15, 0.2) is 47.4 Å². The van der Waals surface area contributed by atoms with Crippen molar-refractivity contribution in [2.24, 2.45) is 5.92 Å². The summed E-state index contributed by atoms with van der Waals surface area (Å²) < 4.78 is 41.9. The van der Waals surface area contributed by atoms with Crippen LogP contribution in [0.25, 0.3) is 0 Å². The molecule has 0 aliphatic heterocycles. The van der Waals surface area contributed by atoms with Crippen molar-refractivity contribution in [2.45, 2.75) is 30.7 Å². The van der Waals surface area contributed by atoms with Crippen molar-refractivity contribution in [2.75, 3.05) is 10.8 Å². The number of benzene rings is 2. The molecule has 1 aliphatic rings. The lowest BCUT2D eigenvalue weighted by Crippen LogP contribution is -2.49. The molecule has 1 saturated carbocycles. The minimum Gasteiger partial charge on any atom is -0.354 e.